The normalized spacial score (nSPS) is 14.6. The van der Waals surface area contributed by atoms with Gasteiger partial charge in [-0.25, -0.2) is 0 Å². The van der Waals surface area contributed by atoms with Gasteiger partial charge in [0.1, 0.15) is 12.4 Å². The maximum atomic E-state index is 12.8. The molecular formula is C24H15Cl3N2O3S2. The third-order valence-electron chi connectivity index (χ3n) is 4.74. The molecule has 1 aliphatic heterocycles. The molecule has 0 saturated carbocycles. The van der Waals surface area contributed by atoms with Gasteiger partial charge in [-0.1, -0.05) is 64.8 Å². The Kier molecular flexibility index (Phi) is 7.80. The van der Waals surface area contributed by atoms with Gasteiger partial charge in [0.2, 0.25) is 0 Å². The zero-order valence-corrected chi connectivity index (χ0v) is 21.2. The summed E-state index contributed by atoms with van der Waals surface area (Å²) in [6.07, 6.45) is 1.70. The average molecular weight is 550 g/mol. The minimum atomic E-state index is -0.464. The van der Waals surface area contributed by atoms with E-state index in [2.05, 4.69) is 5.43 Å². The first-order chi connectivity index (χ1) is 16.3. The fourth-order valence-corrected chi connectivity index (χ4v) is 4.78. The molecule has 5 nitrogen and oxygen atoms in total. The number of nitrogens with one attached hydrogen (secondary N) is 1. The predicted molar refractivity (Wildman–Crippen MR) is 141 cm³/mol. The van der Waals surface area contributed by atoms with Gasteiger partial charge >= 0.3 is 0 Å². The Morgan fingerprint density at radius 3 is 2.29 bits per heavy atom. The van der Waals surface area contributed by atoms with Crippen LogP contribution in [-0.2, 0) is 11.4 Å². The van der Waals surface area contributed by atoms with Crippen molar-refractivity contribution < 1.29 is 14.3 Å². The second-order valence-corrected chi connectivity index (χ2v) is 9.95. The van der Waals surface area contributed by atoms with Crippen molar-refractivity contribution in [1.29, 1.82) is 0 Å². The summed E-state index contributed by atoms with van der Waals surface area (Å²) in [4.78, 5) is 25.6. The zero-order chi connectivity index (χ0) is 24.2. The van der Waals surface area contributed by atoms with Crippen molar-refractivity contribution in [2.75, 3.05) is 0 Å². The van der Waals surface area contributed by atoms with E-state index in [-0.39, 0.29) is 10.9 Å². The van der Waals surface area contributed by atoms with E-state index in [0.29, 0.717) is 36.8 Å². The number of amides is 2. The van der Waals surface area contributed by atoms with Crippen LogP contribution in [0.3, 0.4) is 0 Å². The fourth-order valence-electron chi connectivity index (χ4n) is 2.97. The average Bonchev–Trinajstić information content (AvgIpc) is 3.07. The molecule has 0 atom stereocenters. The smallest absolute Gasteiger partial charge is 0.285 e. The highest BCUT2D eigenvalue weighted by Gasteiger charge is 2.33. The lowest BCUT2D eigenvalue weighted by molar-refractivity contribution is -0.123. The molecule has 3 aromatic rings. The number of carbonyl (C=O) groups excluding carboxylic acids is 2. The Balaban J connectivity index is 1.40. The number of carbonyl (C=O) groups is 2. The molecule has 1 N–H and O–H groups in total. The second kappa shape index (κ2) is 10.8. The number of thiocarbonyl (C=S) groups is 1. The summed E-state index contributed by atoms with van der Waals surface area (Å²) in [7, 11) is 0. The molecule has 0 aromatic heterocycles. The zero-order valence-electron chi connectivity index (χ0n) is 17.3. The molecule has 1 aliphatic rings. The van der Waals surface area contributed by atoms with Crippen molar-refractivity contribution in [3.05, 3.63) is 103 Å². The van der Waals surface area contributed by atoms with Crippen LogP contribution in [0, 0.1) is 0 Å². The fraction of sp³-hybridized carbons (Fsp3) is 0.0417. The number of hydrogen-bond acceptors (Lipinski definition) is 5. The Hall–Kier alpha value is -2.55. The molecule has 0 spiro atoms. The van der Waals surface area contributed by atoms with E-state index in [0.717, 1.165) is 22.3 Å². The monoisotopic (exact) mass is 548 g/mol. The number of hydrogen-bond donors (Lipinski definition) is 1. The van der Waals surface area contributed by atoms with Crippen molar-refractivity contribution in [3.8, 4) is 5.75 Å². The van der Waals surface area contributed by atoms with Crippen LogP contribution >= 0.6 is 58.8 Å². The molecule has 4 rings (SSSR count). The van der Waals surface area contributed by atoms with Crippen LogP contribution in [0.5, 0.6) is 5.75 Å². The van der Waals surface area contributed by atoms with Gasteiger partial charge in [0.15, 0.2) is 4.32 Å². The lowest BCUT2D eigenvalue weighted by atomic mass is 10.2. The first-order valence-corrected chi connectivity index (χ1v) is 12.2. The summed E-state index contributed by atoms with van der Waals surface area (Å²) in [6, 6.07) is 18.8. The minimum absolute atomic E-state index is 0.226. The van der Waals surface area contributed by atoms with E-state index in [1.165, 1.54) is 0 Å². The second-order valence-electron chi connectivity index (χ2n) is 7.02. The molecular weight excluding hydrogens is 535 g/mol. The molecule has 0 aliphatic carbocycles. The van der Waals surface area contributed by atoms with Gasteiger partial charge in [0.05, 0.1) is 4.91 Å². The summed E-state index contributed by atoms with van der Waals surface area (Å²) in [6.45, 7) is 0.226. The molecule has 10 heteroatoms. The molecule has 1 heterocycles. The van der Waals surface area contributed by atoms with E-state index in [9.17, 15) is 9.59 Å². The van der Waals surface area contributed by atoms with Crippen LogP contribution < -0.4 is 10.2 Å². The largest absolute Gasteiger partial charge is 0.489 e. The summed E-state index contributed by atoms with van der Waals surface area (Å²) < 4.78 is 6.01. The molecule has 0 radical (unpaired) electrons. The molecule has 1 saturated heterocycles. The number of ether oxygens (including phenoxy) is 1. The van der Waals surface area contributed by atoms with Crippen LogP contribution in [-0.4, -0.2) is 21.1 Å². The molecule has 0 unspecified atom stereocenters. The van der Waals surface area contributed by atoms with Crippen LogP contribution in [0.2, 0.25) is 15.1 Å². The summed E-state index contributed by atoms with van der Waals surface area (Å²) in [5.74, 6) is -0.253. The van der Waals surface area contributed by atoms with Gasteiger partial charge in [-0.15, -0.1) is 0 Å². The van der Waals surface area contributed by atoms with Crippen molar-refractivity contribution in [3.63, 3.8) is 0 Å². The molecule has 34 heavy (non-hydrogen) atoms. The van der Waals surface area contributed by atoms with Crippen LogP contribution in [0.4, 0.5) is 0 Å². The lowest BCUT2D eigenvalue weighted by Gasteiger charge is -2.15. The van der Waals surface area contributed by atoms with E-state index in [4.69, 9.17) is 51.8 Å². The predicted octanol–water partition coefficient (Wildman–Crippen LogP) is 6.77. The quantitative estimate of drug-likeness (QED) is 0.272. The molecule has 172 valence electrons. The SMILES string of the molecule is O=C(NN1C(=O)/C(=C/c2ccc(OCc3c(Cl)cccc3Cl)cc2)SC1=S)c1ccc(Cl)cc1. The van der Waals surface area contributed by atoms with Crippen LogP contribution in [0.15, 0.2) is 71.6 Å². The Labute approximate surface area is 220 Å². The number of hydrazine groups is 1. The first kappa shape index (κ1) is 24.6. The molecule has 1 fully saturated rings. The number of halogens is 3. The van der Waals surface area contributed by atoms with Gasteiger partial charge in [0, 0.05) is 26.2 Å². The lowest BCUT2D eigenvalue weighted by Crippen LogP contribution is -2.44. The maximum Gasteiger partial charge on any atom is 0.285 e. The van der Waals surface area contributed by atoms with Gasteiger partial charge in [-0.05, 0) is 72.4 Å². The summed E-state index contributed by atoms with van der Waals surface area (Å²) >= 11 is 24.6. The number of nitrogens with zero attached hydrogens (tertiary/aromatic N) is 1. The van der Waals surface area contributed by atoms with Crippen molar-refractivity contribution >= 4 is 81.0 Å². The van der Waals surface area contributed by atoms with Gasteiger partial charge in [-0.2, -0.15) is 5.01 Å². The van der Waals surface area contributed by atoms with Crippen molar-refractivity contribution in [2.24, 2.45) is 0 Å². The molecule has 0 bridgehead atoms. The third kappa shape index (κ3) is 5.74. The van der Waals surface area contributed by atoms with E-state index in [1.807, 2.05) is 12.1 Å². The Morgan fingerprint density at radius 2 is 1.65 bits per heavy atom. The van der Waals surface area contributed by atoms with Crippen LogP contribution in [0.1, 0.15) is 21.5 Å². The minimum Gasteiger partial charge on any atom is -0.489 e. The Morgan fingerprint density at radius 1 is 1.00 bits per heavy atom. The highest BCUT2D eigenvalue weighted by atomic mass is 35.5. The topological polar surface area (TPSA) is 58.6 Å². The first-order valence-electron chi connectivity index (χ1n) is 9.82. The summed E-state index contributed by atoms with van der Waals surface area (Å²) in [5, 5.41) is 2.64. The molecule has 2 amide bonds. The third-order valence-corrected chi connectivity index (χ3v) is 7.00. The number of rotatable bonds is 6. The number of thioether (sulfide) groups is 1. The van der Waals surface area contributed by atoms with E-state index >= 15 is 0 Å². The standard InChI is InChI=1S/C24H15Cl3N2O3S2/c25-16-8-6-15(7-9-16)22(30)28-29-23(31)21(34-24(29)33)12-14-4-10-17(11-5-14)32-13-18-19(26)2-1-3-20(18)27/h1-12H,13H2,(H,28,30)/b21-12-. The van der Waals surface area contributed by atoms with Crippen LogP contribution in [0.25, 0.3) is 6.08 Å². The maximum absolute atomic E-state index is 12.8. The van der Waals surface area contributed by atoms with Gasteiger partial charge in [0.25, 0.3) is 11.8 Å². The molecule has 3 aromatic carbocycles. The number of benzene rings is 3. The van der Waals surface area contributed by atoms with Crippen molar-refractivity contribution in [1.82, 2.24) is 10.4 Å². The summed E-state index contributed by atoms with van der Waals surface area (Å²) in [5.41, 5.74) is 4.37. The van der Waals surface area contributed by atoms with Crippen molar-refractivity contribution in [2.45, 2.75) is 6.61 Å². The van der Waals surface area contributed by atoms with E-state index < -0.39 is 11.8 Å². The van der Waals surface area contributed by atoms with E-state index in [1.54, 1.807) is 60.7 Å². The van der Waals surface area contributed by atoms with Gasteiger partial charge < -0.3 is 4.74 Å². The Bertz CT molecular complexity index is 1280. The highest BCUT2D eigenvalue weighted by Crippen LogP contribution is 2.32. The highest BCUT2D eigenvalue weighted by molar-refractivity contribution is 8.26. The van der Waals surface area contributed by atoms with Gasteiger partial charge in [-0.3, -0.25) is 15.0 Å².